The number of hydrogen-bond acceptors (Lipinski definition) is 1. The van der Waals surface area contributed by atoms with Crippen LogP contribution in [0.5, 0.6) is 5.75 Å². The molecule has 3 aromatic rings. The molecule has 0 aliphatic carbocycles. The number of nitrogens with one attached hydrogen (secondary N) is 2. The van der Waals surface area contributed by atoms with Crippen LogP contribution in [-0.2, 0) is 25.7 Å². The van der Waals surface area contributed by atoms with Gasteiger partial charge in [0.15, 0.2) is 0 Å². The molecule has 3 nitrogen and oxygen atoms in total. The molecule has 0 spiro atoms. The van der Waals surface area contributed by atoms with Gasteiger partial charge in [0.25, 0.3) is 0 Å². The van der Waals surface area contributed by atoms with Crippen LogP contribution in [0.25, 0.3) is 0 Å². The van der Waals surface area contributed by atoms with Crippen molar-refractivity contribution < 1.29 is 5.11 Å². The highest BCUT2D eigenvalue weighted by molar-refractivity contribution is 5.49. The van der Waals surface area contributed by atoms with Crippen molar-refractivity contribution in [1.29, 1.82) is 0 Å². The highest BCUT2D eigenvalue weighted by atomic mass is 16.3. The van der Waals surface area contributed by atoms with E-state index >= 15 is 0 Å². The fraction of sp³-hybridized carbons (Fsp3) is 0.391. The van der Waals surface area contributed by atoms with E-state index in [1.807, 2.05) is 12.1 Å². The Bertz CT molecular complexity index is 805. The Morgan fingerprint density at radius 2 is 1.19 bits per heavy atom. The van der Waals surface area contributed by atoms with Crippen LogP contribution >= 0.6 is 0 Å². The van der Waals surface area contributed by atoms with Gasteiger partial charge in [-0.3, -0.25) is 0 Å². The van der Waals surface area contributed by atoms with Gasteiger partial charge < -0.3 is 15.1 Å². The molecule has 0 amide bonds. The summed E-state index contributed by atoms with van der Waals surface area (Å²) in [5, 5.41) is 9.75. The van der Waals surface area contributed by atoms with E-state index in [0.717, 1.165) is 25.7 Å². The Balaban J connectivity index is 2.22. The number of aryl methyl sites for hydroxylation is 2. The summed E-state index contributed by atoms with van der Waals surface area (Å²) >= 11 is 0. The number of aromatic nitrogens is 2. The highest BCUT2D eigenvalue weighted by Crippen LogP contribution is 2.37. The number of aromatic amines is 2. The Labute approximate surface area is 156 Å². The van der Waals surface area contributed by atoms with Gasteiger partial charge in [-0.2, -0.15) is 0 Å². The predicted octanol–water partition coefficient (Wildman–Crippen LogP) is 5.48. The maximum Gasteiger partial charge on any atom is 0.115 e. The van der Waals surface area contributed by atoms with Crippen LogP contribution in [0.3, 0.4) is 0 Å². The molecule has 1 aromatic carbocycles. The third-order valence-electron chi connectivity index (χ3n) is 5.50. The molecule has 3 rings (SSSR count). The highest BCUT2D eigenvalue weighted by Gasteiger charge is 2.26. The molecule has 2 aromatic heterocycles. The molecule has 0 bridgehead atoms. The second-order valence-electron chi connectivity index (χ2n) is 6.85. The molecule has 0 unspecified atom stereocenters. The van der Waals surface area contributed by atoms with Crippen LogP contribution < -0.4 is 0 Å². The van der Waals surface area contributed by atoms with Crippen molar-refractivity contribution in [3.63, 3.8) is 0 Å². The number of phenols is 1. The summed E-state index contributed by atoms with van der Waals surface area (Å²) < 4.78 is 0. The molecule has 0 saturated heterocycles. The van der Waals surface area contributed by atoms with Gasteiger partial charge in [-0.15, -0.1) is 0 Å². The zero-order valence-electron chi connectivity index (χ0n) is 16.3. The molecule has 0 aliphatic heterocycles. The van der Waals surface area contributed by atoms with Gasteiger partial charge in [-0.05, 0) is 65.6 Å². The van der Waals surface area contributed by atoms with Crippen molar-refractivity contribution >= 4 is 0 Å². The molecular formula is C23H30N2O. The zero-order chi connectivity index (χ0) is 18.7. The van der Waals surface area contributed by atoms with Crippen molar-refractivity contribution in [2.45, 2.75) is 59.3 Å². The smallest absolute Gasteiger partial charge is 0.115 e. The molecule has 0 saturated carbocycles. The molecule has 3 N–H and O–H groups in total. The summed E-state index contributed by atoms with van der Waals surface area (Å²) in [6.45, 7) is 8.88. The molecule has 0 atom stereocenters. The van der Waals surface area contributed by atoms with Crippen LogP contribution in [-0.4, -0.2) is 15.1 Å². The number of hydrogen-bond donors (Lipinski definition) is 3. The normalized spacial score (nSPS) is 11.4. The fourth-order valence-corrected chi connectivity index (χ4v) is 4.15. The first kappa shape index (κ1) is 18.4. The molecule has 0 radical (unpaired) electrons. The second kappa shape index (κ2) is 7.86. The minimum Gasteiger partial charge on any atom is -0.508 e. The van der Waals surface area contributed by atoms with E-state index in [1.54, 1.807) is 12.1 Å². The van der Waals surface area contributed by atoms with Crippen LogP contribution in [0.15, 0.2) is 36.7 Å². The largest absolute Gasteiger partial charge is 0.508 e. The third-order valence-corrected chi connectivity index (χ3v) is 5.50. The number of rotatable bonds is 7. The Morgan fingerprint density at radius 3 is 1.58 bits per heavy atom. The summed E-state index contributed by atoms with van der Waals surface area (Å²) in [7, 11) is 0. The van der Waals surface area contributed by atoms with Crippen molar-refractivity contribution in [3.8, 4) is 5.75 Å². The van der Waals surface area contributed by atoms with E-state index < -0.39 is 0 Å². The standard InChI is InChI=1S/C23H30N2O/c1-5-15-13-24-22(19(15)7-3)21(17-9-11-18(26)12-10-17)23-20(8-4)16(6-2)14-25-23/h9-14,21,24-26H,5-8H2,1-4H3. The molecule has 3 heteroatoms. The summed E-state index contributed by atoms with van der Waals surface area (Å²) in [5.41, 5.74) is 9.36. The topological polar surface area (TPSA) is 51.8 Å². The Hall–Kier alpha value is -2.42. The van der Waals surface area contributed by atoms with Crippen molar-refractivity contribution in [2.24, 2.45) is 0 Å². The molecule has 2 heterocycles. The fourth-order valence-electron chi connectivity index (χ4n) is 4.15. The first-order valence-electron chi connectivity index (χ1n) is 9.81. The average Bonchev–Trinajstić information content (AvgIpc) is 3.27. The van der Waals surface area contributed by atoms with Crippen molar-refractivity contribution in [2.75, 3.05) is 0 Å². The quantitative estimate of drug-likeness (QED) is 0.519. The van der Waals surface area contributed by atoms with Crippen LogP contribution in [0, 0.1) is 0 Å². The number of H-pyrrole nitrogens is 2. The maximum absolute atomic E-state index is 9.75. The van der Waals surface area contributed by atoms with Gasteiger partial charge in [0.2, 0.25) is 0 Å². The first-order valence-corrected chi connectivity index (χ1v) is 9.81. The lowest BCUT2D eigenvalue weighted by Crippen LogP contribution is -2.09. The van der Waals surface area contributed by atoms with Gasteiger partial charge in [0, 0.05) is 23.8 Å². The zero-order valence-corrected chi connectivity index (χ0v) is 16.3. The van der Waals surface area contributed by atoms with E-state index in [1.165, 1.54) is 39.2 Å². The first-order chi connectivity index (χ1) is 12.6. The van der Waals surface area contributed by atoms with Gasteiger partial charge in [0.05, 0.1) is 5.92 Å². The SMILES string of the molecule is CCc1c[nH]c(C(c2ccc(O)cc2)c2[nH]cc(CC)c2CC)c1CC. The van der Waals surface area contributed by atoms with E-state index in [4.69, 9.17) is 0 Å². The maximum atomic E-state index is 9.75. The molecular weight excluding hydrogens is 320 g/mol. The Kier molecular flexibility index (Phi) is 5.55. The lowest BCUT2D eigenvalue weighted by atomic mass is 9.86. The number of phenolic OH excluding ortho intramolecular Hbond substituents is 1. The van der Waals surface area contributed by atoms with Crippen molar-refractivity contribution in [1.82, 2.24) is 9.97 Å². The molecule has 26 heavy (non-hydrogen) atoms. The van der Waals surface area contributed by atoms with E-state index in [9.17, 15) is 5.11 Å². The summed E-state index contributed by atoms with van der Waals surface area (Å²) in [4.78, 5) is 7.17. The second-order valence-corrected chi connectivity index (χ2v) is 6.85. The minimum atomic E-state index is 0.126. The summed E-state index contributed by atoms with van der Waals surface area (Å²) in [5.74, 6) is 0.432. The number of aromatic hydroxyl groups is 1. The molecule has 138 valence electrons. The summed E-state index contributed by atoms with van der Waals surface area (Å²) in [6.07, 6.45) is 8.42. The van der Waals surface area contributed by atoms with Crippen LogP contribution in [0.4, 0.5) is 0 Å². The minimum absolute atomic E-state index is 0.126. The molecule has 0 aliphatic rings. The lowest BCUT2D eigenvalue weighted by molar-refractivity contribution is 0.475. The predicted molar refractivity (Wildman–Crippen MR) is 108 cm³/mol. The van der Waals surface area contributed by atoms with Gasteiger partial charge in [0.1, 0.15) is 5.75 Å². The third kappa shape index (κ3) is 3.18. The van der Waals surface area contributed by atoms with E-state index in [2.05, 4.69) is 50.1 Å². The summed E-state index contributed by atoms with van der Waals surface area (Å²) in [6, 6.07) is 7.65. The number of benzene rings is 1. The monoisotopic (exact) mass is 350 g/mol. The lowest BCUT2D eigenvalue weighted by Gasteiger charge is -2.20. The van der Waals surface area contributed by atoms with E-state index in [-0.39, 0.29) is 5.92 Å². The van der Waals surface area contributed by atoms with Crippen molar-refractivity contribution in [3.05, 3.63) is 75.9 Å². The van der Waals surface area contributed by atoms with Crippen LogP contribution in [0.2, 0.25) is 0 Å². The van der Waals surface area contributed by atoms with Crippen LogP contribution in [0.1, 0.15) is 72.8 Å². The van der Waals surface area contributed by atoms with Gasteiger partial charge in [-0.25, -0.2) is 0 Å². The van der Waals surface area contributed by atoms with Gasteiger partial charge in [-0.1, -0.05) is 39.8 Å². The Morgan fingerprint density at radius 1 is 0.731 bits per heavy atom. The molecule has 0 fully saturated rings. The van der Waals surface area contributed by atoms with Gasteiger partial charge >= 0.3 is 0 Å². The van der Waals surface area contributed by atoms with E-state index in [0.29, 0.717) is 5.75 Å². The average molecular weight is 351 g/mol.